The summed E-state index contributed by atoms with van der Waals surface area (Å²) in [6.07, 6.45) is 9.10. The molecule has 4 saturated carbocycles. The molecule has 34 heavy (non-hydrogen) atoms. The lowest BCUT2D eigenvalue weighted by atomic mass is 9.49. The smallest absolute Gasteiger partial charge is 0.247 e. The van der Waals surface area contributed by atoms with Gasteiger partial charge in [0.2, 0.25) is 23.6 Å². The molecule has 4 bridgehead atoms. The van der Waals surface area contributed by atoms with Crippen molar-refractivity contribution < 1.29 is 19.2 Å². The van der Waals surface area contributed by atoms with Crippen LogP contribution in [-0.2, 0) is 25.7 Å². The minimum absolute atomic E-state index is 0.117. The van der Waals surface area contributed by atoms with Crippen molar-refractivity contribution in [2.45, 2.75) is 76.8 Å². The molecule has 1 unspecified atom stereocenters. The zero-order chi connectivity index (χ0) is 23.4. The lowest BCUT2D eigenvalue weighted by Gasteiger charge is -2.56. The highest BCUT2D eigenvalue weighted by molar-refractivity contribution is 6.02. The number of hydrogen-bond donors (Lipinski definition) is 1. The van der Waals surface area contributed by atoms with E-state index in [0.29, 0.717) is 36.4 Å². The molecule has 7 nitrogen and oxygen atoms in total. The maximum Gasteiger partial charge on any atom is 0.247 e. The zero-order valence-corrected chi connectivity index (χ0v) is 19.6. The van der Waals surface area contributed by atoms with Crippen LogP contribution in [0.15, 0.2) is 24.3 Å². The van der Waals surface area contributed by atoms with E-state index in [1.165, 1.54) is 24.2 Å². The fourth-order valence-electron chi connectivity index (χ4n) is 7.86. The van der Waals surface area contributed by atoms with Gasteiger partial charge >= 0.3 is 0 Å². The predicted molar refractivity (Wildman–Crippen MR) is 125 cm³/mol. The van der Waals surface area contributed by atoms with Crippen molar-refractivity contribution in [3.8, 4) is 0 Å². The molecule has 2 saturated heterocycles. The Morgan fingerprint density at radius 3 is 2.09 bits per heavy atom. The molecule has 6 aliphatic rings. The summed E-state index contributed by atoms with van der Waals surface area (Å²) in [5, 5.41) is 3.00. The maximum atomic E-state index is 13.8. The van der Waals surface area contributed by atoms with Crippen LogP contribution in [0.1, 0.15) is 69.8 Å². The molecular weight excluding hydrogens is 430 g/mol. The van der Waals surface area contributed by atoms with Crippen LogP contribution in [0.3, 0.4) is 0 Å². The Bertz CT molecular complexity index is 982. The van der Waals surface area contributed by atoms with Gasteiger partial charge in [0, 0.05) is 25.1 Å². The van der Waals surface area contributed by atoms with E-state index in [4.69, 9.17) is 0 Å². The Kier molecular flexibility index (Phi) is 5.26. The summed E-state index contributed by atoms with van der Waals surface area (Å²) < 4.78 is 0. The van der Waals surface area contributed by atoms with Gasteiger partial charge in [0.05, 0.1) is 12.0 Å². The summed E-state index contributed by atoms with van der Waals surface area (Å²) in [6.45, 7) is 0.942. The number of benzene rings is 1. The van der Waals surface area contributed by atoms with Crippen LogP contribution in [-0.4, -0.2) is 46.0 Å². The first-order valence-corrected chi connectivity index (χ1v) is 12.9. The van der Waals surface area contributed by atoms with Crippen LogP contribution in [0.2, 0.25) is 0 Å². The van der Waals surface area contributed by atoms with Crippen LogP contribution in [0.4, 0.5) is 5.69 Å². The Morgan fingerprint density at radius 2 is 1.50 bits per heavy atom. The molecule has 4 aliphatic carbocycles. The first-order chi connectivity index (χ1) is 16.4. The molecule has 1 aromatic rings. The quantitative estimate of drug-likeness (QED) is 0.678. The number of anilines is 1. The average molecular weight is 464 g/mol. The second-order valence-electron chi connectivity index (χ2n) is 11.4. The highest BCUT2D eigenvalue weighted by atomic mass is 16.2. The lowest BCUT2D eigenvalue weighted by molar-refractivity contribution is -0.160. The largest absolute Gasteiger partial charge is 0.330 e. The van der Waals surface area contributed by atoms with E-state index in [0.717, 1.165) is 31.2 Å². The molecule has 7 rings (SSSR count). The van der Waals surface area contributed by atoms with Crippen LogP contribution in [0.5, 0.6) is 0 Å². The number of imide groups is 1. The summed E-state index contributed by atoms with van der Waals surface area (Å²) in [7, 11) is 0. The van der Waals surface area contributed by atoms with Crippen molar-refractivity contribution >= 4 is 29.3 Å². The summed E-state index contributed by atoms with van der Waals surface area (Å²) in [4.78, 5) is 53.9. The van der Waals surface area contributed by atoms with Gasteiger partial charge in [-0.15, -0.1) is 0 Å². The minimum Gasteiger partial charge on any atom is -0.330 e. The van der Waals surface area contributed by atoms with Gasteiger partial charge in [0.1, 0.15) is 6.04 Å². The van der Waals surface area contributed by atoms with Gasteiger partial charge < -0.3 is 10.2 Å². The summed E-state index contributed by atoms with van der Waals surface area (Å²) in [5.74, 6) is 1.96. The van der Waals surface area contributed by atoms with Crippen molar-refractivity contribution in [2.75, 3.05) is 11.9 Å². The molecule has 0 radical (unpaired) electrons. The highest BCUT2D eigenvalue weighted by Gasteiger charge is 2.56. The topological polar surface area (TPSA) is 86.8 Å². The van der Waals surface area contributed by atoms with Crippen LogP contribution in [0.25, 0.3) is 0 Å². The summed E-state index contributed by atoms with van der Waals surface area (Å²) >= 11 is 0. The number of hydrogen-bond acceptors (Lipinski definition) is 4. The lowest BCUT2D eigenvalue weighted by Crippen LogP contribution is -2.56. The van der Waals surface area contributed by atoms with Gasteiger partial charge in [0.15, 0.2) is 0 Å². The molecule has 2 aliphatic heterocycles. The molecule has 4 amide bonds. The van der Waals surface area contributed by atoms with Gasteiger partial charge in [-0.1, -0.05) is 12.1 Å². The minimum atomic E-state index is -0.403. The number of nitrogens with one attached hydrogen (secondary N) is 1. The summed E-state index contributed by atoms with van der Waals surface area (Å²) in [6, 6.07) is 6.87. The number of rotatable bonds is 5. The average Bonchev–Trinajstić information content (AvgIpc) is 3.41. The monoisotopic (exact) mass is 463 g/mol. The Morgan fingerprint density at radius 1 is 0.912 bits per heavy atom. The van der Waals surface area contributed by atoms with E-state index in [1.54, 1.807) is 12.1 Å². The molecule has 180 valence electrons. The Hall–Kier alpha value is -2.70. The molecule has 1 aromatic carbocycles. The van der Waals surface area contributed by atoms with E-state index in [1.807, 2.05) is 17.0 Å². The fraction of sp³-hybridized carbons (Fsp3) is 0.630. The number of nitrogens with zero attached hydrogens (tertiary/aromatic N) is 2. The van der Waals surface area contributed by atoms with Crippen molar-refractivity contribution in [2.24, 2.45) is 23.2 Å². The molecule has 0 aromatic heterocycles. The SMILES string of the molecule is O=C(Nc1ccc(CN2C(=O)CCC2=O)cc1)C1CCCN1C(=O)C12CC3CC(CC(C3)C1)C2. The first kappa shape index (κ1) is 21.8. The first-order valence-electron chi connectivity index (χ1n) is 12.9. The van der Waals surface area contributed by atoms with Gasteiger partial charge in [-0.3, -0.25) is 24.1 Å². The molecule has 2 heterocycles. The van der Waals surface area contributed by atoms with Crippen LogP contribution >= 0.6 is 0 Å². The molecule has 7 heteroatoms. The van der Waals surface area contributed by atoms with Crippen molar-refractivity contribution in [1.29, 1.82) is 0 Å². The second-order valence-corrected chi connectivity index (χ2v) is 11.4. The van der Waals surface area contributed by atoms with E-state index >= 15 is 0 Å². The Labute approximate surface area is 200 Å². The Balaban J connectivity index is 1.11. The maximum absolute atomic E-state index is 13.8. The third-order valence-corrected chi connectivity index (χ3v) is 9.03. The number of likely N-dealkylation sites (tertiary alicyclic amines) is 2. The zero-order valence-electron chi connectivity index (χ0n) is 19.6. The molecule has 6 fully saturated rings. The predicted octanol–water partition coefficient (Wildman–Crippen LogP) is 3.48. The van der Waals surface area contributed by atoms with E-state index < -0.39 is 6.04 Å². The van der Waals surface area contributed by atoms with Crippen molar-refractivity contribution in [3.63, 3.8) is 0 Å². The van der Waals surface area contributed by atoms with E-state index in [9.17, 15) is 19.2 Å². The molecule has 0 spiro atoms. The molecule has 1 atom stereocenters. The van der Waals surface area contributed by atoms with Crippen molar-refractivity contribution in [1.82, 2.24) is 9.80 Å². The third kappa shape index (κ3) is 3.73. The van der Waals surface area contributed by atoms with Crippen LogP contribution < -0.4 is 5.32 Å². The normalized spacial score (nSPS) is 34.2. The number of carbonyl (C=O) groups excluding carboxylic acids is 4. The number of amides is 4. The van der Waals surface area contributed by atoms with Crippen LogP contribution in [0, 0.1) is 23.2 Å². The molecule has 1 N–H and O–H groups in total. The van der Waals surface area contributed by atoms with E-state index in [2.05, 4.69) is 5.32 Å². The second kappa shape index (κ2) is 8.21. The fourth-order valence-corrected chi connectivity index (χ4v) is 7.86. The summed E-state index contributed by atoms with van der Waals surface area (Å²) in [5.41, 5.74) is 1.30. The van der Waals surface area contributed by atoms with Gasteiger partial charge in [0.25, 0.3) is 0 Å². The number of carbonyl (C=O) groups is 4. The van der Waals surface area contributed by atoms with Gasteiger partial charge in [-0.2, -0.15) is 0 Å². The standard InChI is InChI=1S/C27H33N3O4/c31-23-7-8-24(32)30(23)16-17-3-5-21(6-4-17)28-25(33)22-2-1-9-29(22)26(34)27-13-18-10-19(14-27)12-20(11-18)15-27/h3-6,18-20,22H,1-2,7-16H2,(H,28,33). The van der Waals surface area contributed by atoms with Crippen molar-refractivity contribution in [3.05, 3.63) is 29.8 Å². The van der Waals surface area contributed by atoms with E-state index in [-0.39, 0.29) is 48.4 Å². The highest BCUT2D eigenvalue weighted by Crippen LogP contribution is 2.60. The van der Waals surface area contributed by atoms with Gasteiger partial charge in [-0.05, 0) is 86.8 Å². The third-order valence-electron chi connectivity index (χ3n) is 9.03. The van der Waals surface area contributed by atoms with Gasteiger partial charge in [-0.25, -0.2) is 0 Å². The molecular formula is C27H33N3O4.